The predicted molar refractivity (Wildman–Crippen MR) is 109 cm³/mol. The number of carbonyl (C=O) groups excluding carboxylic acids is 1. The van der Waals surface area contributed by atoms with Crippen molar-refractivity contribution in [3.05, 3.63) is 51.4 Å². The smallest absolute Gasteiger partial charge is 0.224 e. The standard InChI is InChI=1S/C19H22N4O2S2/c1-3-22(13-16-5-4-12-27-16)17(24)10-11-23-18(20-21-19(23)26)14-6-8-15(25-2)9-7-14/h4-9,12H,3,10-11,13H2,1-2H3,(H,21,26). The minimum Gasteiger partial charge on any atom is -0.497 e. The summed E-state index contributed by atoms with van der Waals surface area (Å²) in [6.07, 6.45) is 0.371. The summed E-state index contributed by atoms with van der Waals surface area (Å²) in [5.74, 6) is 1.60. The summed E-state index contributed by atoms with van der Waals surface area (Å²) >= 11 is 7.02. The molecule has 3 aromatic rings. The fourth-order valence-corrected chi connectivity index (χ4v) is 3.76. The van der Waals surface area contributed by atoms with Crippen molar-refractivity contribution in [1.82, 2.24) is 19.7 Å². The van der Waals surface area contributed by atoms with E-state index < -0.39 is 0 Å². The lowest BCUT2D eigenvalue weighted by Crippen LogP contribution is -2.30. The molecule has 27 heavy (non-hydrogen) atoms. The minimum atomic E-state index is 0.106. The maximum atomic E-state index is 12.7. The van der Waals surface area contributed by atoms with E-state index in [0.717, 1.165) is 17.1 Å². The summed E-state index contributed by atoms with van der Waals surface area (Å²) < 4.78 is 7.57. The number of rotatable bonds is 8. The molecule has 142 valence electrons. The van der Waals surface area contributed by atoms with Gasteiger partial charge in [0.1, 0.15) is 5.75 Å². The topological polar surface area (TPSA) is 63.1 Å². The van der Waals surface area contributed by atoms with Crippen molar-refractivity contribution in [2.75, 3.05) is 13.7 Å². The predicted octanol–water partition coefficient (Wildman–Crippen LogP) is 4.12. The van der Waals surface area contributed by atoms with Crippen LogP contribution in [0.25, 0.3) is 11.4 Å². The van der Waals surface area contributed by atoms with Gasteiger partial charge >= 0.3 is 0 Å². The number of methoxy groups -OCH3 is 1. The number of aromatic amines is 1. The van der Waals surface area contributed by atoms with Gasteiger partial charge in [-0.05, 0) is 54.9 Å². The Hall–Kier alpha value is -2.45. The van der Waals surface area contributed by atoms with Gasteiger partial charge in [-0.2, -0.15) is 5.10 Å². The van der Waals surface area contributed by atoms with Crippen LogP contribution in [0.15, 0.2) is 41.8 Å². The number of amides is 1. The molecule has 8 heteroatoms. The molecule has 0 aliphatic rings. The van der Waals surface area contributed by atoms with E-state index in [0.29, 0.717) is 30.8 Å². The number of hydrogen-bond acceptors (Lipinski definition) is 5. The molecular weight excluding hydrogens is 380 g/mol. The summed E-state index contributed by atoms with van der Waals surface area (Å²) in [5.41, 5.74) is 0.918. The Kier molecular flexibility index (Phi) is 6.41. The zero-order valence-corrected chi connectivity index (χ0v) is 17.0. The number of nitrogens with zero attached hydrogens (tertiary/aromatic N) is 3. The first-order chi connectivity index (χ1) is 13.1. The zero-order chi connectivity index (χ0) is 19.2. The van der Waals surface area contributed by atoms with E-state index in [-0.39, 0.29) is 5.91 Å². The Morgan fingerprint density at radius 1 is 1.33 bits per heavy atom. The van der Waals surface area contributed by atoms with E-state index in [2.05, 4.69) is 16.3 Å². The Morgan fingerprint density at radius 2 is 2.11 bits per heavy atom. The number of thiophene rings is 1. The number of ether oxygens (including phenoxy) is 1. The first kappa shape index (κ1) is 19.3. The molecule has 1 amide bonds. The second-order valence-electron chi connectivity index (χ2n) is 5.97. The fourth-order valence-electron chi connectivity index (χ4n) is 2.82. The van der Waals surface area contributed by atoms with Gasteiger partial charge in [-0.15, -0.1) is 11.3 Å². The first-order valence-electron chi connectivity index (χ1n) is 8.72. The van der Waals surface area contributed by atoms with Gasteiger partial charge in [0.25, 0.3) is 0 Å². The SMILES string of the molecule is CCN(Cc1cccs1)C(=O)CCn1c(-c2ccc(OC)cc2)n[nH]c1=S. The molecule has 0 fully saturated rings. The Bertz CT molecular complexity index is 930. The Balaban J connectivity index is 1.71. The second-order valence-corrected chi connectivity index (χ2v) is 7.39. The molecule has 0 atom stereocenters. The number of hydrogen-bond donors (Lipinski definition) is 1. The number of benzene rings is 1. The number of aromatic nitrogens is 3. The lowest BCUT2D eigenvalue weighted by molar-refractivity contribution is -0.131. The molecule has 2 heterocycles. The monoisotopic (exact) mass is 402 g/mol. The third-order valence-electron chi connectivity index (χ3n) is 4.32. The summed E-state index contributed by atoms with van der Waals surface area (Å²) in [5, 5.41) is 9.18. The molecule has 0 aliphatic carbocycles. The summed E-state index contributed by atoms with van der Waals surface area (Å²) in [6.45, 7) is 3.81. The van der Waals surface area contributed by atoms with Crippen LogP contribution in [0.4, 0.5) is 0 Å². The molecule has 1 aromatic carbocycles. The molecule has 6 nitrogen and oxygen atoms in total. The molecule has 1 N–H and O–H groups in total. The molecule has 3 rings (SSSR count). The van der Waals surface area contributed by atoms with Gasteiger partial charge in [0.2, 0.25) is 5.91 Å². The van der Waals surface area contributed by atoms with Gasteiger partial charge in [0.15, 0.2) is 10.6 Å². The maximum Gasteiger partial charge on any atom is 0.224 e. The van der Waals surface area contributed by atoms with Gasteiger partial charge in [-0.3, -0.25) is 14.5 Å². The summed E-state index contributed by atoms with van der Waals surface area (Å²) in [6, 6.07) is 11.7. The second kappa shape index (κ2) is 8.96. The summed E-state index contributed by atoms with van der Waals surface area (Å²) in [4.78, 5) is 15.7. The first-order valence-corrected chi connectivity index (χ1v) is 10.0. The maximum absolute atomic E-state index is 12.7. The van der Waals surface area contributed by atoms with E-state index in [1.807, 2.05) is 52.1 Å². The average Bonchev–Trinajstić information content (AvgIpc) is 3.34. The van der Waals surface area contributed by atoms with E-state index in [1.54, 1.807) is 18.4 Å². The Labute approximate surface area is 167 Å². The molecule has 0 saturated carbocycles. The van der Waals surface area contributed by atoms with Crippen LogP contribution in [0.3, 0.4) is 0 Å². The van der Waals surface area contributed by atoms with Gasteiger partial charge < -0.3 is 9.64 Å². The highest BCUT2D eigenvalue weighted by Crippen LogP contribution is 2.21. The van der Waals surface area contributed by atoms with Gasteiger partial charge in [0, 0.05) is 30.0 Å². The summed E-state index contributed by atoms with van der Waals surface area (Å²) in [7, 11) is 1.63. The van der Waals surface area contributed by atoms with E-state index >= 15 is 0 Å². The quantitative estimate of drug-likeness (QED) is 0.576. The van der Waals surface area contributed by atoms with Crippen molar-refractivity contribution in [3.63, 3.8) is 0 Å². The van der Waals surface area contributed by atoms with Crippen LogP contribution >= 0.6 is 23.6 Å². The van der Waals surface area contributed by atoms with Gasteiger partial charge in [-0.25, -0.2) is 0 Å². The highest BCUT2D eigenvalue weighted by atomic mass is 32.1. The van der Waals surface area contributed by atoms with Crippen molar-refractivity contribution in [2.24, 2.45) is 0 Å². The van der Waals surface area contributed by atoms with Crippen LogP contribution in [0.2, 0.25) is 0 Å². The van der Waals surface area contributed by atoms with E-state index in [4.69, 9.17) is 17.0 Å². The molecule has 0 spiro atoms. The molecule has 0 aliphatic heterocycles. The molecule has 0 saturated heterocycles. The van der Waals surface area contributed by atoms with Crippen LogP contribution in [-0.2, 0) is 17.9 Å². The lowest BCUT2D eigenvalue weighted by atomic mass is 10.2. The van der Waals surface area contributed by atoms with Crippen molar-refractivity contribution in [2.45, 2.75) is 26.4 Å². The molecule has 0 unspecified atom stereocenters. The van der Waals surface area contributed by atoms with Crippen LogP contribution in [0.1, 0.15) is 18.2 Å². The number of carbonyl (C=O) groups is 1. The van der Waals surface area contributed by atoms with Crippen LogP contribution < -0.4 is 4.74 Å². The van der Waals surface area contributed by atoms with Crippen LogP contribution in [0, 0.1) is 4.77 Å². The molecular formula is C19H22N4O2S2. The molecule has 2 aromatic heterocycles. The highest BCUT2D eigenvalue weighted by molar-refractivity contribution is 7.71. The number of nitrogens with one attached hydrogen (secondary N) is 1. The molecule has 0 radical (unpaired) electrons. The average molecular weight is 403 g/mol. The lowest BCUT2D eigenvalue weighted by Gasteiger charge is -2.20. The van der Waals surface area contributed by atoms with Crippen LogP contribution in [0.5, 0.6) is 5.75 Å². The van der Waals surface area contributed by atoms with Crippen LogP contribution in [-0.4, -0.2) is 39.2 Å². The third-order valence-corrected chi connectivity index (χ3v) is 5.49. The normalized spacial score (nSPS) is 10.7. The van der Waals surface area contributed by atoms with Gasteiger partial charge in [-0.1, -0.05) is 6.07 Å². The van der Waals surface area contributed by atoms with Gasteiger partial charge in [0.05, 0.1) is 13.7 Å². The minimum absolute atomic E-state index is 0.106. The Morgan fingerprint density at radius 3 is 2.74 bits per heavy atom. The van der Waals surface area contributed by atoms with E-state index in [9.17, 15) is 4.79 Å². The van der Waals surface area contributed by atoms with E-state index in [1.165, 1.54) is 4.88 Å². The largest absolute Gasteiger partial charge is 0.497 e. The van der Waals surface area contributed by atoms with Crippen molar-refractivity contribution < 1.29 is 9.53 Å². The van der Waals surface area contributed by atoms with Crippen molar-refractivity contribution in [3.8, 4) is 17.1 Å². The zero-order valence-electron chi connectivity index (χ0n) is 15.3. The third kappa shape index (κ3) is 4.64. The van der Waals surface area contributed by atoms with Crippen molar-refractivity contribution in [1.29, 1.82) is 0 Å². The molecule has 0 bridgehead atoms. The fraction of sp³-hybridized carbons (Fsp3) is 0.316. The van der Waals surface area contributed by atoms with Crippen molar-refractivity contribution >= 4 is 29.5 Å². The number of H-pyrrole nitrogens is 1. The highest BCUT2D eigenvalue weighted by Gasteiger charge is 2.15.